The minimum Gasteiger partial charge on any atom is -0.386 e. The minimum atomic E-state index is -0.0790. The predicted octanol–water partition coefficient (Wildman–Crippen LogP) is 1.66. The van der Waals surface area contributed by atoms with E-state index in [1.54, 1.807) is 12.3 Å². The van der Waals surface area contributed by atoms with E-state index in [0.717, 1.165) is 30.8 Å². The molecule has 1 aliphatic rings. The van der Waals surface area contributed by atoms with Gasteiger partial charge in [0.2, 0.25) is 0 Å². The van der Waals surface area contributed by atoms with E-state index in [-0.39, 0.29) is 18.4 Å². The Balaban J connectivity index is 2.48. The lowest BCUT2D eigenvalue weighted by Gasteiger charge is -2.30. The van der Waals surface area contributed by atoms with E-state index < -0.39 is 0 Å². The Morgan fingerprint density at radius 3 is 2.57 bits per heavy atom. The second-order valence-corrected chi connectivity index (χ2v) is 5.45. The standard InChI is InChI=1S/C18H28N4O/c1-6-10-20-16(5)18(23)13-21-15(4)17-9-8-11-22(17)14(3)12-19-7-2/h6-7,17,19-21H,1-5,8-13H2. The van der Waals surface area contributed by atoms with Crippen LogP contribution in [0.5, 0.6) is 0 Å². The van der Waals surface area contributed by atoms with Gasteiger partial charge in [-0.3, -0.25) is 4.79 Å². The van der Waals surface area contributed by atoms with Crippen molar-refractivity contribution in [3.63, 3.8) is 0 Å². The first-order valence-corrected chi connectivity index (χ1v) is 7.79. The molecule has 3 N–H and O–H groups in total. The van der Waals surface area contributed by atoms with Crippen LogP contribution in [0.1, 0.15) is 12.8 Å². The number of carbonyl (C=O) groups is 1. The van der Waals surface area contributed by atoms with Crippen molar-refractivity contribution in [1.82, 2.24) is 20.9 Å². The Bertz CT molecular complexity index is 495. The van der Waals surface area contributed by atoms with E-state index in [4.69, 9.17) is 0 Å². The summed E-state index contributed by atoms with van der Waals surface area (Å²) >= 11 is 0. The molecule has 23 heavy (non-hydrogen) atoms. The molecule has 1 saturated heterocycles. The maximum absolute atomic E-state index is 12.0. The van der Waals surface area contributed by atoms with Gasteiger partial charge >= 0.3 is 0 Å². The van der Waals surface area contributed by atoms with Crippen LogP contribution in [0.25, 0.3) is 0 Å². The van der Waals surface area contributed by atoms with Crippen LogP contribution in [0.2, 0.25) is 0 Å². The molecule has 0 aromatic heterocycles. The number of nitrogens with one attached hydrogen (secondary N) is 3. The number of hydrogen-bond acceptors (Lipinski definition) is 5. The van der Waals surface area contributed by atoms with E-state index in [9.17, 15) is 4.79 Å². The fourth-order valence-corrected chi connectivity index (χ4v) is 2.51. The van der Waals surface area contributed by atoms with Gasteiger partial charge in [0, 0.05) is 24.5 Å². The Hall–Kier alpha value is -2.43. The minimum absolute atomic E-state index is 0.0790. The largest absolute Gasteiger partial charge is 0.386 e. The number of likely N-dealkylation sites (tertiary alicyclic amines) is 1. The molecule has 0 aromatic rings. The van der Waals surface area contributed by atoms with Crippen LogP contribution in [0.3, 0.4) is 0 Å². The summed E-state index contributed by atoms with van der Waals surface area (Å²) in [5, 5.41) is 9.09. The number of rotatable bonds is 12. The highest BCUT2D eigenvalue weighted by Gasteiger charge is 2.27. The van der Waals surface area contributed by atoms with Crippen LogP contribution >= 0.6 is 0 Å². The average molecular weight is 316 g/mol. The number of Topliss-reactive ketones (excluding diaryl/α,β-unsaturated/α-hetero) is 1. The van der Waals surface area contributed by atoms with Crippen molar-refractivity contribution in [1.29, 1.82) is 0 Å². The Morgan fingerprint density at radius 1 is 1.17 bits per heavy atom. The summed E-state index contributed by atoms with van der Waals surface area (Å²) in [6.45, 7) is 21.5. The van der Waals surface area contributed by atoms with Crippen molar-refractivity contribution in [3.05, 3.63) is 62.3 Å². The highest BCUT2D eigenvalue weighted by Crippen LogP contribution is 2.24. The summed E-state index contributed by atoms with van der Waals surface area (Å²) in [7, 11) is 0. The molecule has 1 aliphatic heterocycles. The third-order valence-electron chi connectivity index (χ3n) is 3.78. The molecule has 0 bridgehead atoms. The van der Waals surface area contributed by atoms with Crippen LogP contribution in [-0.4, -0.2) is 42.9 Å². The van der Waals surface area contributed by atoms with E-state index in [1.165, 1.54) is 0 Å². The number of ketones is 1. The molecule has 0 saturated carbocycles. The van der Waals surface area contributed by atoms with Crippen LogP contribution in [0.15, 0.2) is 62.3 Å². The molecule has 5 heteroatoms. The van der Waals surface area contributed by atoms with Gasteiger partial charge in [0.05, 0.1) is 24.8 Å². The van der Waals surface area contributed by atoms with Crippen LogP contribution in [0.4, 0.5) is 0 Å². The fourth-order valence-electron chi connectivity index (χ4n) is 2.51. The molecule has 0 aliphatic carbocycles. The predicted molar refractivity (Wildman–Crippen MR) is 96.6 cm³/mol. The summed E-state index contributed by atoms with van der Waals surface area (Å²) in [6, 6.07) is 0.163. The van der Waals surface area contributed by atoms with Crippen molar-refractivity contribution < 1.29 is 4.79 Å². The zero-order chi connectivity index (χ0) is 17.2. The summed E-state index contributed by atoms with van der Waals surface area (Å²) in [6.07, 6.45) is 5.43. The first-order chi connectivity index (χ1) is 11.0. The first-order valence-electron chi connectivity index (χ1n) is 7.79. The van der Waals surface area contributed by atoms with Gasteiger partial charge in [0.15, 0.2) is 5.78 Å². The van der Waals surface area contributed by atoms with Gasteiger partial charge < -0.3 is 20.9 Å². The van der Waals surface area contributed by atoms with Gasteiger partial charge in [-0.2, -0.15) is 0 Å². The number of hydrogen-bond donors (Lipinski definition) is 3. The first kappa shape index (κ1) is 18.6. The summed E-state index contributed by atoms with van der Waals surface area (Å²) < 4.78 is 0. The van der Waals surface area contributed by atoms with Gasteiger partial charge in [-0.25, -0.2) is 0 Å². The zero-order valence-corrected chi connectivity index (χ0v) is 13.9. The Labute approximate surface area is 139 Å². The van der Waals surface area contributed by atoms with Crippen LogP contribution in [-0.2, 0) is 4.79 Å². The van der Waals surface area contributed by atoms with Crippen LogP contribution in [0, 0.1) is 0 Å². The molecule has 1 unspecified atom stereocenters. The van der Waals surface area contributed by atoms with Crippen molar-refractivity contribution in [3.8, 4) is 0 Å². The normalized spacial score (nSPS) is 16.3. The highest BCUT2D eigenvalue weighted by atomic mass is 16.1. The van der Waals surface area contributed by atoms with Gasteiger partial charge in [-0.1, -0.05) is 32.4 Å². The van der Waals surface area contributed by atoms with Crippen molar-refractivity contribution in [2.24, 2.45) is 0 Å². The van der Waals surface area contributed by atoms with Crippen molar-refractivity contribution in [2.45, 2.75) is 18.9 Å². The third-order valence-corrected chi connectivity index (χ3v) is 3.78. The SMILES string of the molecule is C=CCNC(=C)C(=O)CNC(=C)C1CCCN1C(=C)CNC=C. The lowest BCUT2D eigenvalue weighted by Crippen LogP contribution is -2.39. The van der Waals surface area contributed by atoms with E-state index in [0.29, 0.717) is 18.8 Å². The fraction of sp³-hybridized carbons (Fsp3) is 0.389. The molecule has 0 radical (unpaired) electrons. The monoisotopic (exact) mass is 316 g/mol. The zero-order valence-electron chi connectivity index (χ0n) is 13.9. The van der Waals surface area contributed by atoms with Crippen molar-refractivity contribution in [2.75, 3.05) is 26.2 Å². The van der Waals surface area contributed by atoms with Gasteiger partial charge in [0.1, 0.15) is 0 Å². The molecule has 126 valence electrons. The van der Waals surface area contributed by atoms with Gasteiger partial charge in [0.25, 0.3) is 0 Å². The molecular weight excluding hydrogens is 288 g/mol. The molecule has 1 fully saturated rings. The topological polar surface area (TPSA) is 56.4 Å². The second-order valence-electron chi connectivity index (χ2n) is 5.45. The molecule has 1 rings (SSSR count). The molecular formula is C18H28N4O. The number of carbonyl (C=O) groups excluding carboxylic acids is 1. The lowest BCUT2D eigenvalue weighted by atomic mass is 10.1. The second kappa shape index (κ2) is 9.56. The summed E-state index contributed by atoms with van der Waals surface area (Å²) in [4.78, 5) is 14.2. The molecule has 0 spiro atoms. The highest BCUT2D eigenvalue weighted by molar-refractivity contribution is 5.95. The summed E-state index contributed by atoms with van der Waals surface area (Å²) in [5.74, 6) is -0.0790. The molecule has 0 aromatic carbocycles. The molecule has 5 nitrogen and oxygen atoms in total. The molecule has 0 amide bonds. The van der Waals surface area contributed by atoms with E-state index >= 15 is 0 Å². The molecule has 1 atom stereocenters. The van der Waals surface area contributed by atoms with Gasteiger partial charge in [-0.05, 0) is 19.0 Å². The van der Waals surface area contributed by atoms with E-state index in [1.807, 2.05) is 0 Å². The average Bonchev–Trinajstić information content (AvgIpc) is 3.04. The Kier molecular flexibility index (Phi) is 7.74. The van der Waals surface area contributed by atoms with Gasteiger partial charge in [-0.15, -0.1) is 6.58 Å². The maximum Gasteiger partial charge on any atom is 0.197 e. The quantitative estimate of drug-likeness (QED) is 0.378. The number of nitrogens with zero attached hydrogens (tertiary/aromatic N) is 1. The van der Waals surface area contributed by atoms with Crippen molar-refractivity contribution >= 4 is 5.78 Å². The van der Waals surface area contributed by atoms with E-state index in [2.05, 4.69) is 53.7 Å². The third kappa shape index (κ3) is 5.70. The maximum atomic E-state index is 12.0. The smallest absolute Gasteiger partial charge is 0.197 e. The lowest BCUT2D eigenvalue weighted by molar-refractivity contribution is -0.115. The summed E-state index contributed by atoms with van der Waals surface area (Å²) in [5.41, 5.74) is 2.22. The Morgan fingerprint density at radius 2 is 1.91 bits per heavy atom. The van der Waals surface area contributed by atoms with Crippen LogP contribution < -0.4 is 16.0 Å². The molecule has 1 heterocycles.